The predicted octanol–water partition coefficient (Wildman–Crippen LogP) is -0.0836. The van der Waals surface area contributed by atoms with Crippen LogP contribution in [0.15, 0.2) is 24.3 Å². The van der Waals surface area contributed by atoms with E-state index in [0.29, 0.717) is 5.75 Å². The van der Waals surface area contributed by atoms with Crippen molar-refractivity contribution in [2.24, 2.45) is 0 Å². The van der Waals surface area contributed by atoms with Gasteiger partial charge in [-0.2, -0.15) is 0 Å². The molecule has 2 N–H and O–H groups in total. The van der Waals surface area contributed by atoms with Gasteiger partial charge in [-0.1, -0.05) is 6.07 Å². The number of aliphatic hydroxyl groups is 1. The smallest absolute Gasteiger partial charge is 0.356 e. The van der Waals surface area contributed by atoms with E-state index in [0.717, 1.165) is 7.11 Å². The van der Waals surface area contributed by atoms with E-state index in [2.05, 4.69) is 10.1 Å². The zero-order chi connectivity index (χ0) is 12.8. The molecule has 0 aliphatic rings. The average Bonchev–Trinajstić information content (AvgIpc) is 2.37. The number of aliphatic hydroxyl groups excluding tert-OH is 1. The minimum Gasteiger partial charge on any atom is -0.497 e. The highest BCUT2D eigenvalue weighted by Crippen LogP contribution is 2.12. The van der Waals surface area contributed by atoms with Gasteiger partial charge in [0.1, 0.15) is 5.75 Å². The first-order valence-electron chi connectivity index (χ1n) is 4.79. The Labute approximate surface area is 98.2 Å². The third kappa shape index (κ3) is 3.46. The van der Waals surface area contributed by atoms with Crippen molar-refractivity contribution in [1.82, 2.24) is 5.32 Å². The normalized spacial score (nSPS) is 11.5. The Morgan fingerprint density at radius 2 is 2.06 bits per heavy atom. The van der Waals surface area contributed by atoms with Crippen LogP contribution in [0.2, 0.25) is 0 Å². The fourth-order valence-corrected chi connectivity index (χ4v) is 1.14. The van der Waals surface area contributed by atoms with Crippen molar-refractivity contribution in [2.45, 2.75) is 6.23 Å². The molecule has 1 amide bonds. The molecule has 1 rings (SSSR count). The van der Waals surface area contributed by atoms with Gasteiger partial charge in [-0.3, -0.25) is 4.79 Å². The van der Waals surface area contributed by atoms with E-state index in [-0.39, 0.29) is 5.56 Å². The van der Waals surface area contributed by atoms with Crippen molar-refractivity contribution >= 4 is 11.9 Å². The van der Waals surface area contributed by atoms with Crippen molar-refractivity contribution in [3.63, 3.8) is 0 Å². The summed E-state index contributed by atoms with van der Waals surface area (Å²) in [5, 5.41) is 11.3. The van der Waals surface area contributed by atoms with Crippen LogP contribution in [0.25, 0.3) is 0 Å². The van der Waals surface area contributed by atoms with Crippen LogP contribution in [0.5, 0.6) is 5.75 Å². The number of esters is 1. The van der Waals surface area contributed by atoms with Crippen LogP contribution in [0.4, 0.5) is 0 Å². The molecule has 0 saturated heterocycles. The molecule has 0 radical (unpaired) electrons. The maximum absolute atomic E-state index is 11.6. The number of amides is 1. The molecule has 1 aromatic carbocycles. The molecule has 0 aromatic heterocycles. The quantitative estimate of drug-likeness (QED) is 0.567. The highest BCUT2D eigenvalue weighted by atomic mass is 16.5. The lowest BCUT2D eigenvalue weighted by Gasteiger charge is -2.10. The highest BCUT2D eigenvalue weighted by molar-refractivity contribution is 5.96. The first-order valence-corrected chi connectivity index (χ1v) is 4.79. The minimum atomic E-state index is -1.68. The number of benzene rings is 1. The molecule has 1 aromatic rings. The molecule has 17 heavy (non-hydrogen) atoms. The molecule has 1 unspecified atom stereocenters. The number of hydrogen-bond acceptors (Lipinski definition) is 5. The monoisotopic (exact) mass is 239 g/mol. The van der Waals surface area contributed by atoms with E-state index in [9.17, 15) is 14.7 Å². The topological polar surface area (TPSA) is 84.9 Å². The Hall–Kier alpha value is -2.08. The zero-order valence-corrected chi connectivity index (χ0v) is 9.47. The van der Waals surface area contributed by atoms with Crippen LogP contribution in [-0.2, 0) is 9.53 Å². The van der Waals surface area contributed by atoms with Crippen molar-refractivity contribution in [1.29, 1.82) is 0 Å². The minimum absolute atomic E-state index is 0.271. The molecule has 0 fully saturated rings. The molecule has 0 bridgehead atoms. The second kappa shape index (κ2) is 5.86. The summed E-state index contributed by atoms with van der Waals surface area (Å²) in [6, 6.07) is 6.31. The standard InChI is InChI=1S/C11H13NO5/c1-16-8-5-3-4-7(6-8)9(13)12-10(14)11(15)17-2/h3-6,10,14H,1-2H3,(H,12,13). The third-order valence-corrected chi connectivity index (χ3v) is 2.02. The SMILES string of the molecule is COC(=O)C(O)NC(=O)c1cccc(OC)c1. The summed E-state index contributed by atoms with van der Waals surface area (Å²) in [6.07, 6.45) is -1.68. The maximum Gasteiger partial charge on any atom is 0.356 e. The van der Waals surface area contributed by atoms with Crippen LogP contribution < -0.4 is 10.1 Å². The van der Waals surface area contributed by atoms with Crippen LogP contribution in [0.3, 0.4) is 0 Å². The lowest BCUT2D eigenvalue weighted by Crippen LogP contribution is -2.41. The average molecular weight is 239 g/mol. The summed E-state index contributed by atoms with van der Waals surface area (Å²) in [5.74, 6) is -1.02. The Balaban J connectivity index is 2.72. The number of rotatable bonds is 4. The Kier molecular flexibility index (Phi) is 4.47. The molecule has 6 heteroatoms. The van der Waals surface area contributed by atoms with E-state index in [4.69, 9.17) is 4.74 Å². The van der Waals surface area contributed by atoms with Crippen LogP contribution in [0.1, 0.15) is 10.4 Å². The second-order valence-electron chi connectivity index (χ2n) is 3.13. The van der Waals surface area contributed by atoms with Crippen LogP contribution in [0, 0.1) is 0 Å². The van der Waals surface area contributed by atoms with Crippen LogP contribution >= 0.6 is 0 Å². The van der Waals surface area contributed by atoms with Gasteiger partial charge in [0.25, 0.3) is 5.91 Å². The fraction of sp³-hybridized carbons (Fsp3) is 0.273. The first kappa shape index (κ1) is 13.0. The molecule has 0 spiro atoms. The van der Waals surface area contributed by atoms with Crippen molar-refractivity contribution in [3.05, 3.63) is 29.8 Å². The van der Waals surface area contributed by atoms with Gasteiger partial charge in [0, 0.05) is 5.56 Å². The number of hydrogen-bond donors (Lipinski definition) is 2. The third-order valence-electron chi connectivity index (χ3n) is 2.02. The molecule has 1 atom stereocenters. The van der Waals surface area contributed by atoms with Gasteiger partial charge in [-0.25, -0.2) is 4.79 Å². The number of ether oxygens (including phenoxy) is 2. The fourth-order valence-electron chi connectivity index (χ4n) is 1.14. The van der Waals surface area contributed by atoms with E-state index in [1.165, 1.54) is 19.2 Å². The van der Waals surface area contributed by atoms with Crippen molar-refractivity contribution < 1.29 is 24.2 Å². The molecule has 0 aliphatic heterocycles. The summed E-state index contributed by atoms with van der Waals surface area (Å²) < 4.78 is 9.21. The predicted molar refractivity (Wildman–Crippen MR) is 58.5 cm³/mol. The van der Waals surface area contributed by atoms with Crippen molar-refractivity contribution in [3.8, 4) is 5.75 Å². The summed E-state index contributed by atoms with van der Waals surface area (Å²) in [5.41, 5.74) is 0.271. The van der Waals surface area contributed by atoms with E-state index >= 15 is 0 Å². The zero-order valence-electron chi connectivity index (χ0n) is 9.47. The Morgan fingerprint density at radius 1 is 1.35 bits per heavy atom. The molecule has 6 nitrogen and oxygen atoms in total. The van der Waals surface area contributed by atoms with Gasteiger partial charge in [0.2, 0.25) is 6.23 Å². The van der Waals surface area contributed by atoms with Crippen molar-refractivity contribution in [2.75, 3.05) is 14.2 Å². The lowest BCUT2D eigenvalue weighted by atomic mass is 10.2. The van der Waals surface area contributed by atoms with Gasteiger partial charge >= 0.3 is 5.97 Å². The van der Waals surface area contributed by atoms with Gasteiger partial charge in [-0.15, -0.1) is 0 Å². The first-order chi connectivity index (χ1) is 8.08. The summed E-state index contributed by atoms with van der Waals surface area (Å²) in [4.78, 5) is 22.5. The molecular formula is C11H13NO5. The summed E-state index contributed by atoms with van der Waals surface area (Å²) in [7, 11) is 2.59. The van der Waals surface area contributed by atoms with E-state index < -0.39 is 18.1 Å². The number of methoxy groups -OCH3 is 2. The molecule has 0 saturated carbocycles. The Bertz CT molecular complexity index is 418. The highest BCUT2D eigenvalue weighted by Gasteiger charge is 2.18. The molecule has 0 aliphatic carbocycles. The van der Waals surface area contributed by atoms with Gasteiger partial charge in [0.15, 0.2) is 0 Å². The summed E-state index contributed by atoms with van der Waals surface area (Å²) in [6.45, 7) is 0. The van der Waals surface area contributed by atoms with Crippen LogP contribution in [-0.4, -0.2) is 37.4 Å². The molecule has 0 heterocycles. The van der Waals surface area contributed by atoms with Gasteiger partial charge < -0.3 is 19.9 Å². The molecule has 92 valence electrons. The van der Waals surface area contributed by atoms with E-state index in [1.807, 2.05) is 0 Å². The summed E-state index contributed by atoms with van der Waals surface area (Å²) >= 11 is 0. The lowest BCUT2D eigenvalue weighted by molar-refractivity contribution is -0.151. The second-order valence-corrected chi connectivity index (χ2v) is 3.13. The largest absolute Gasteiger partial charge is 0.497 e. The van der Waals surface area contributed by atoms with Gasteiger partial charge in [-0.05, 0) is 18.2 Å². The number of nitrogens with one attached hydrogen (secondary N) is 1. The van der Waals surface area contributed by atoms with E-state index in [1.54, 1.807) is 12.1 Å². The Morgan fingerprint density at radius 3 is 2.65 bits per heavy atom. The number of carbonyl (C=O) groups excluding carboxylic acids is 2. The number of carbonyl (C=O) groups is 2. The molecular weight excluding hydrogens is 226 g/mol. The van der Waals surface area contributed by atoms with Gasteiger partial charge in [0.05, 0.1) is 14.2 Å². The maximum atomic E-state index is 11.6.